The van der Waals surface area contributed by atoms with Gasteiger partial charge < -0.3 is 10.1 Å². The summed E-state index contributed by atoms with van der Waals surface area (Å²) in [5.41, 5.74) is 1.72. The summed E-state index contributed by atoms with van der Waals surface area (Å²) in [6, 6.07) is 18.5. The van der Waals surface area contributed by atoms with Gasteiger partial charge in [-0.1, -0.05) is 48.2 Å². The van der Waals surface area contributed by atoms with Crippen LogP contribution in [0.1, 0.15) is 27.0 Å². The van der Waals surface area contributed by atoms with Crippen molar-refractivity contribution < 1.29 is 18.7 Å². The van der Waals surface area contributed by atoms with Gasteiger partial charge in [0.1, 0.15) is 5.82 Å². The number of thioether (sulfide) groups is 1. The van der Waals surface area contributed by atoms with Crippen molar-refractivity contribution in [2.75, 3.05) is 12.9 Å². The van der Waals surface area contributed by atoms with E-state index in [2.05, 4.69) is 10.3 Å². The molecule has 168 valence electrons. The van der Waals surface area contributed by atoms with Gasteiger partial charge in [0, 0.05) is 10.6 Å². The Hall–Kier alpha value is -3.43. The number of amides is 1. The molecule has 4 aromatic rings. The van der Waals surface area contributed by atoms with Gasteiger partial charge in [-0.2, -0.15) is 0 Å². The van der Waals surface area contributed by atoms with Crippen molar-refractivity contribution in [1.82, 2.24) is 14.9 Å². The lowest BCUT2D eigenvalue weighted by molar-refractivity contribution is -0.124. The SMILES string of the molecule is CSc1ncc(C(=O)OCC(=O)NC(c2ccc(F)cc2)c2cccs2)n1-c1ccccc1. The van der Waals surface area contributed by atoms with Crippen molar-refractivity contribution in [3.8, 4) is 5.69 Å². The molecule has 0 aliphatic heterocycles. The van der Waals surface area contributed by atoms with E-state index in [1.165, 1.54) is 41.4 Å². The Balaban J connectivity index is 1.47. The van der Waals surface area contributed by atoms with Crippen LogP contribution in [0.3, 0.4) is 0 Å². The maximum atomic E-state index is 13.4. The third kappa shape index (κ3) is 5.32. The summed E-state index contributed by atoms with van der Waals surface area (Å²) in [5.74, 6) is -1.48. The quantitative estimate of drug-likeness (QED) is 0.288. The van der Waals surface area contributed by atoms with Gasteiger partial charge in [-0.25, -0.2) is 14.2 Å². The lowest BCUT2D eigenvalue weighted by atomic mass is 10.1. The van der Waals surface area contributed by atoms with Crippen molar-refractivity contribution in [2.24, 2.45) is 0 Å². The molecular weight excluding hydrogens is 461 g/mol. The highest BCUT2D eigenvalue weighted by molar-refractivity contribution is 7.98. The summed E-state index contributed by atoms with van der Waals surface area (Å²) >= 11 is 2.87. The van der Waals surface area contributed by atoms with E-state index in [4.69, 9.17) is 4.74 Å². The van der Waals surface area contributed by atoms with Crippen LogP contribution in [0.25, 0.3) is 5.69 Å². The molecule has 6 nitrogen and oxygen atoms in total. The van der Waals surface area contributed by atoms with Gasteiger partial charge >= 0.3 is 5.97 Å². The molecule has 0 saturated heterocycles. The number of halogens is 1. The predicted octanol–water partition coefficient (Wildman–Crippen LogP) is 4.86. The first-order chi connectivity index (χ1) is 16.1. The fourth-order valence-corrected chi connectivity index (χ4v) is 4.63. The highest BCUT2D eigenvalue weighted by Gasteiger charge is 2.22. The first-order valence-corrected chi connectivity index (χ1v) is 12.1. The second kappa shape index (κ2) is 10.5. The summed E-state index contributed by atoms with van der Waals surface area (Å²) in [5, 5.41) is 5.40. The summed E-state index contributed by atoms with van der Waals surface area (Å²) in [4.78, 5) is 30.6. The van der Waals surface area contributed by atoms with E-state index in [9.17, 15) is 14.0 Å². The van der Waals surface area contributed by atoms with E-state index in [0.717, 1.165) is 16.1 Å². The van der Waals surface area contributed by atoms with Crippen LogP contribution in [0.4, 0.5) is 4.39 Å². The molecule has 2 aromatic carbocycles. The number of ether oxygens (including phenoxy) is 1. The van der Waals surface area contributed by atoms with Crippen LogP contribution in [0.5, 0.6) is 0 Å². The Bertz CT molecular complexity index is 1230. The number of carbonyl (C=O) groups excluding carboxylic acids is 2. The molecule has 0 aliphatic carbocycles. The van der Waals surface area contributed by atoms with E-state index in [1.807, 2.05) is 54.1 Å². The molecule has 1 atom stereocenters. The molecule has 0 spiro atoms. The van der Waals surface area contributed by atoms with Gasteiger partial charge in [-0.15, -0.1) is 11.3 Å². The Morgan fingerprint density at radius 1 is 1.12 bits per heavy atom. The second-order valence-electron chi connectivity index (χ2n) is 6.94. The zero-order chi connectivity index (χ0) is 23.2. The Labute approximate surface area is 198 Å². The fraction of sp³-hybridized carbons (Fsp3) is 0.125. The lowest BCUT2D eigenvalue weighted by Crippen LogP contribution is -2.33. The number of nitrogens with one attached hydrogen (secondary N) is 1. The third-order valence-electron chi connectivity index (χ3n) is 4.81. The number of imidazole rings is 1. The minimum atomic E-state index is -0.656. The summed E-state index contributed by atoms with van der Waals surface area (Å²) in [6.45, 7) is -0.462. The van der Waals surface area contributed by atoms with Gasteiger partial charge in [0.25, 0.3) is 5.91 Å². The highest BCUT2D eigenvalue weighted by Crippen LogP contribution is 2.26. The molecule has 0 aliphatic rings. The first-order valence-electron chi connectivity index (χ1n) is 9.99. The maximum absolute atomic E-state index is 13.4. The third-order valence-corrected chi connectivity index (χ3v) is 6.40. The van der Waals surface area contributed by atoms with Crippen molar-refractivity contribution in [1.29, 1.82) is 0 Å². The molecule has 0 saturated carbocycles. The van der Waals surface area contributed by atoms with Crippen molar-refractivity contribution >= 4 is 35.0 Å². The zero-order valence-electron chi connectivity index (χ0n) is 17.6. The van der Waals surface area contributed by atoms with Gasteiger partial charge in [0.15, 0.2) is 17.5 Å². The second-order valence-corrected chi connectivity index (χ2v) is 8.70. The van der Waals surface area contributed by atoms with Crippen LogP contribution in [0.2, 0.25) is 0 Å². The van der Waals surface area contributed by atoms with Crippen molar-refractivity contribution in [3.63, 3.8) is 0 Å². The maximum Gasteiger partial charge on any atom is 0.357 e. The van der Waals surface area contributed by atoms with Crippen molar-refractivity contribution in [3.05, 3.63) is 100 Å². The molecule has 0 fully saturated rings. The number of hydrogen-bond acceptors (Lipinski definition) is 6. The molecule has 33 heavy (non-hydrogen) atoms. The van der Waals surface area contributed by atoms with Crippen LogP contribution in [0, 0.1) is 5.82 Å². The highest BCUT2D eigenvalue weighted by atomic mass is 32.2. The number of carbonyl (C=O) groups is 2. The van der Waals surface area contributed by atoms with Gasteiger partial charge in [0.2, 0.25) is 0 Å². The van der Waals surface area contributed by atoms with E-state index in [0.29, 0.717) is 5.16 Å². The largest absolute Gasteiger partial charge is 0.451 e. The van der Waals surface area contributed by atoms with E-state index >= 15 is 0 Å². The molecule has 1 unspecified atom stereocenters. The van der Waals surface area contributed by atoms with Crippen LogP contribution >= 0.6 is 23.1 Å². The first kappa shape index (κ1) is 22.8. The van der Waals surface area contributed by atoms with E-state index in [1.54, 1.807) is 16.7 Å². The Morgan fingerprint density at radius 2 is 1.88 bits per heavy atom. The predicted molar refractivity (Wildman–Crippen MR) is 126 cm³/mol. The number of hydrogen-bond donors (Lipinski definition) is 1. The molecular formula is C24H20FN3O3S2. The number of thiophene rings is 1. The van der Waals surface area contributed by atoms with Crippen LogP contribution < -0.4 is 5.32 Å². The topological polar surface area (TPSA) is 73.2 Å². The van der Waals surface area contributed by atoms with Gasteiger partial charge in [-0.3, -0.25) is 9.36 Å². The van der Waals surface area contributed by atoms with E-state index < -0.39 is 24.5 Å². The lowest BCUT2D eigenvalue weighted by Gasteiger charge is -2.18. The van der Waals surface area contributed by atoms with Gasteiger partial charge in [-0.05, 0) is 47.5 Å². The minimum Gasteiger partial charge on any atom is -0.451 e. The normalized spacial score (nSPS) is 11.7. The molecule has 9 heteroatoms. The zero-order valence-corrected chi connectivity index (χ0v) is 19.2. The molecule has 2 aromatic heterocycles. The number of rotatable bonds is 8. The summed E-state index contributed by atoms with van der Waals surface area (Å²) in [7, 11) is 0. The molecule has 0 bridgehead atoms. The number of benzene rings is 2. The van der Waals surface area contributed by atoms with Gasteiger partial charge in [0.05, 0.1) is 12.2 Å². The smallest absolute Gasteiger partial charge is 0.357 e. The Morgan fingerprint density at radius 3 is 2.55 bits per heavy atom. The standard InChI is InChI=1S/C24H20FN3O3S2/c1-32-24-26-14-19(28(24)18-6-3-2-4-7-18)23(30)31-15-21(29)27-22(20-8-5-13-33-20)16-9-11-17(25)12-10-16/h2-14,22H,15H2,1H3,(H,27,29). The van der Waals surface area contributed by atoms with Crippen molar-refractivity contribution in [2.45, 2.75) is 11.2 Å². The molecule has 0 radical (unpaired) electrons. The molecule has 1 amide bonds. The average Bonchev–Trinajstić information content (AvgIpc) is 3.52. The molecule has 2 heterocycles. The number of aromatic nitrogens is 2. The fourth-order valence-electron chi connectivity index (χ4n) is 3.29. The summed E-state index contributed by atoms with van der Waals surface area (Å²) < 4.78 is 20.4. The average molecular weight is 482 g/mol. The number of nitrogens with zero attached hydrogens (tertiary/aromatic N) is 2. The van der Waals surface area contributed by atoms with Crippen LogP contribution in [-0.2, 0) is 9.53 Å². The van der Waals surface area contributed by atoms with E-state index in [-0.39, 0.29) is 11.5 Å². The monoisotopic (exact) mass is 481 g/mol. The number of para-hydroxylation sites is 1. The molecule has 4 rings (SSSR count). The van der Waals surface area contributed by atoms with Crippen LogP contribution in [-0.4, -0.2) is 34.3 Å². The number of esters is 1. The summed E-state index contributed by atoms with van der Waals surface area (Å²) in [6.07, 6.45) is 3.30. The molecule has 1 N–H and O–H groups in total. The Kier molecular flexibility index (Phi) is 7.21. The minimum absolute atomic E-state index is 0.228. The van der Waals surface area contributed by atoms with Crippen LogP contribution in [0.15, 0.2) is 83.5 Å².